The zero-order valence-electron chi connectivity index (χ0n) is 24.1. The van der Waals surface area contributed by atoms with Gasteiger partial charge in [0.15, 0.2) is 0 Å². The summed E-state index contributed by atoms with van der Waals surface area (Å²) in [5, 5.41) is 6.11. The number of anilines is 1. The van der Waals surface area contributed by atoms with Gasteiger partial charge in [-0.25, -0.2) is 9.97 Å². The van der Waals surface area contributed by atoms with Gasteiger partial charge in [-0.05, 0) is 67.5 Å². The Kier molecular flexibility index (Phi) is 8.39. The van der Waals surface area contributed by atoms with Gasteiger partial charge in [-0.3, -0.25) is 4.79 Å². The number of nitrogens with zero attached hydrogens (tertiary/aromatic N) is 7. The summed E-state index contributed by atoms with van der Waals surface area (Å²) in [6.45, 7) is 5.17. The number of piperazine rings is 1. The minimum atomic E-state index is -0.0924. The van der Waals surface area contributed by atoms with Gasteiger partial charge in [-0.15, -0.1) is 0 Å². The van der Waals surface area contributed by atoms with Crippen LogP contribution in [0, 0.1) is 0 Å². The molecule has 0 spiro atoms. The standard InChI is InChI=1S/C31H34N10O2/c1-40-13-15-41(16-14-40)23-8-10-26-28(20-23)38-31(36-26)22-7-9-25-27(19-22)37-30(35-25)21-4-2-5-24(18-21)43-17-3-6-29(42)33-11-12-34-39-32/h2,4-5,7-10,18-20H,3,6,11-17H2,1H3,(H,33,42)(H,35,37)(H,36,38). The maximum absolute atomic E-state index is 11.9. The van der Waals surface area contributed by atoms with E-state index in [-0.39, 0.29) is 12.5 Å². The summed E-state index contributed by atoms with van der Waals surface area (Å²) in [6, 6.07) is 20.3. The number of fused-ring (bicyclic) bond motifs is 2. The predicted molar refractivity (Wildman–Crippen MR) is 168 cm³/mol. The Morgan fingerprint density at radius 1 is 0.977 bits per heavy atom. The molecule has 3 N–H and O–H groups in total. The van der Waals surface area contributed by atoms with Crippen molar-refractivity contribution in [2.24, 2.45) is 5.11 Å². The van der Waals surface area contributed by atoms with Crippen LogP contribution in [0.4, 0.5) is 5.69 Å². The Balaban J connectivity index is 1.11. The van der Waals surface area contributed by atoms with E-state index in [2.05, 4.69) is 66.4 Å². The summed E-state index contributed by atoms with van der Waals surface area (Å²) in [7, 11) is 2.17. The van der Waals surface area contributed by atoms with Crippen molar-refractivity contribution in [3.05, 3.63) is 71.1 Å². The van der Waals surface area contributed by atoms with Crippen LogP contribution in [0.3, 0.4) is 0 Å². The number of carbonyl (C=O) groups excluding carboxylic acids is 1. The SMILES string of the molecule is CN1CCN(c2ccc3nc(-c4ccc5nc(-c6cccc(OCCCC(=O)NCCN=[N+]=[N-])c6)[nH]c5c4)[nH]c3c2)CC1. The molecule has 2 aromatic heterocycles. The minimum absolute atomic E-state index is 0.0924. The summed E-state index contributed by atoms with van der Waals surface area (Å²) in [6.07, 6.45) is 0.911. The molecule has 43 heavy (non-hydrogen) atoms. The smallest absolute Gasteiger partial charge is 0.220 e. The number of carbonyl (C=O) groups is 1. The molecular formula is C31H34N10O2. The van der Waals surface area contributed by atoms with Gasteiger partial charge in [0.2, 0.25) is 5.91 Å². The second kappa shape index (κ2) is 12.8. The molecule has 1 aliphatic heterocycles. The number of amides is 1. The lowest BCUT2D eigenvalue weighted by Crippen LogP contribution is -2.44. The first-order chi connectivity index (χ1) is 21.1. The van der Waals surface area contributed by atoms with E-state index in [1.807, 2.05) is 36.4 Å². The first kappa shape index (κ1) is 28.1. The number of hydrogen-bond acceptors (Lipinski definition) is 7. The van der Waals surface area contributed by atoms with Gasteiger partial charge in [0.05, 0.1) is 28.7 Å². The van der Waals surface area contributed by atoms with Gasteiger partial charge in [-0.2, -0.15) is 0 Å². The highest BCUT2D eigenvalue weighted by Gasteiger charge is 2.16. The molecular weight excluding hydrogens is 544 g/mol. The van der Waals surface area contributed by atoms with Gasteiger partial charge in [0.1, 0.15) is 17.4 Å². The van der Waals surface area contributed by atoms with E-state index in [1.54, 1.807) is 0 Å². The average molecular weight is 579 g/mol. The first-order valence-electron chi connectivity index (χ1n) is 14.5. The van der Waals surface area contributed by atoms with Crippen LogP contribution in [-0.2, 0) is 4.79 Å². The number of azide groups is 1. The predicted octanol–water partition coefficient (Wildman–Crippen LogP) is 5.11. The number of H-pyrrole nitrogens is 2. The lowest BCUT2D eigenvalue weighted by atomic mass is 10.2. The van der Waals surface area contributed by atoms with Crippen molar-refractivity contribution in [3.8, 4) is 28.5 Å². The number of imidazole rings is 2. The Morgan fingerprint density at radius 2 is 1.70 bits per heavy atom. The summed E-state index contributed by atoms with van der Waals surface area (Å²) in [5.41, 5.74) is 15.2. The maximum Gasteiger partial charge on any atom is 0.220 e. The Hall–Kier alpha value is -5.06. The van der Waals surface area contributed by atoms with Crippen LogP contribution >= 0.6 is 0 Å². The number of ether oxygens (including phenoxy) is 1. The van der Waals surface area contributed by atoms with E-state index >= 15 is 0 Å². The molecule has 1 fully saturated rings. The third-order valence-corrected chi connectivity index (χ3v) is 7.61. The maximum atomic E-state index is 11.9. The topological polar surface area (TPSA) is 151 Å². The van der Waals surface area contributed by atoms with Gasteiger partial charge in [0.25, 0.3) is 0 Å². The van der Waals surface area contributed by atoms with Gasteiger partial charge in [-0.1, -0.05) is 17.2 Å². The zero-order valence-corrected chi connectivity index (χ0v) is 24.1. The molecule has 0 unspecified atom stereocenters. The van der Waals surface area contributed by atoms with E-state index in [0.29, 0.717) is 31.7 Å². The van der Waals surface area contributed by atoms with Crippen LogP contribution in [0.25, 0.3) is 55.3 Å². The molecule has 6 rings (SSSR count). The highest BCUT2D eigenvalue weighted by molar-refractivity contribution is 5.87. The quantitative estimate of drug-likeness (QED) is 0.0858. The average Bonchev–Trinajstić information content (AvgIpc) is 3.66. The number of rotatable bonds is 11. The second-order valence-corrected chi connectivity index (χ2v) is 10.7. The fraction of sp³-hybridized carbons (Fsp3) is 0.323. The van der Waals surface area contributed by atoms with Crippen molar-refractivity contribution < 1.29 is 9.53 Å². The lowest BCUT2D eigenvalue weighted by molar-refractivity contribution is -0.121. The highest BCUT2D eigenvalue weighted by atomic mass is 16.5. The summed E-state index contributed by atoms with van der Waals surface area (Å²) in [4.78, 5) is 35.9. The minimum Gasteiger partial charge on any atom is -0.494 e. The fourth-order valence-electron chi connectivity index (χ4n) is 5.22. The number of aromatic amines is 2. The number of aromatic nitrogens is 4. The molecule has 1 aliphatic rings. The van der Waals surface area contributed by atoms with E-state index < -0.39 is 0 Å². The summed E-state index contributed by atoms with van der Waals surface area (Å²) < 4.78 is 5.89. The monoisotopic (exact) mass is 578 g/mol. The fourth-order valence-corrected chi connectivity index (χ4v) is 5.22. The van der Waals surface area contributed by atoms with Crippen molar-refractivity contribution in [2.45, 2.75) is 12.8 Å². The summed E-state index contributed by atoms with van der Waals surface area (Å²) in [5.74, 6) is 2.19. The van der Waals surface area contributed by atoms with Crippen LogP contribution in [0.1, 0.15) is 12.8 Å². The van der Waals surface area contributed by atoms with Gasteiger partial charge in [0, 0.05) is 67.4 Å². The van der Waals surface area contributed by atoms with Crippen molar-refractivity contribution >= 4 is 33.7 Å². The van der Waals surface area contributed by atoms with Gasteiger partial charge >= 0.3 is 0 Å². The number of likely N-dealkylation sites (N-methyl/N-ethyl adjacent to an activating group) is 1. The number of hydrogen-bond donors (Lipinski definition) is 3. The van der Waals surface area contributed by atoms with E-state index in [0.717, 1.165) is 71.0 Å². The molecule has 1 saturated heterocycles. The molecule has 12 nitrogen and oxygen atoms in total. The second-order valence-electron chi connectivity index (χ2n) is 10.7. The molecule has 12 heteroatoms. The number of benzene rings is 3. The summed E-state index contributed by atoms with van der Waals surface area (Å²) >= 11 is 0. The van der Waals surface area contributed by atoms with E-state index in [4.69, 9.17) is 20.2 Å². The normalized spacial score (nSPS) is 13.7. The molecule has 0 bridgehead atoms. The van der Waals surface area contributed by atoms with Crippen molar-refractivity contribution in [1.29, 1.82) is 0 Å². The van der Waals surface area contributed by atoms with Gasteiger partial charge < -0.3 is 29.8 Å². The zero-order chi connectivity index (χ0) is 29.6. The first-order valence-corrected chi connectivity index (χ1v) is 14.5. The van der Waals surface area contributed by atoms with Crippen LogP contribution in [0.15, 0.2) is 65.8 Å². The molecule has 0 saturated carbocycles. The molecule has 0 atom stereocenters. The highest BCUT2D eigenvalue weighted by Crippen LogP contribution is 2.29. The van der Waals surface area contributed by atoms with E-state index in [9.17, 15) is 4.79 Å². The largest absolute Gasteiger partial charge is 0.494 e. The lowest BCUT2D eigenvalue weighted by Gasteiger charge is -2.34. The van der Waals surface area contributed by atoms with Crippen LogP contribution in [0.2, 0.25) is 0 Å². The number of nitrogens with one attached hydrogen (secondary N) is 3. The third-order valence-electron chi connectivity index (χ3n) is 7.61. The molecule has 0 radical (unpaired) electrons. The van der Waals surface area contributed by atoms with Crippen LogP contribution < -0.4 is 15.0 Å². The molecule has 0 aliphatic carbocycles. The van der Waals surface area contributed by atoms with Crippen molar-refractivity contribution in [3.63, 3.8) is 0 Å². The van der Waals surface area contributed by atoms with Crippen LogP contribution in [0.5, 0.6) is 5.75 Å². The molecule has 3 heterocycles. The Morgan fingerprint density at radius 3 is 2.47 bits per heavy atom. The van der Waals surface area contributed by atoms with Crippen molar-refractivity contribution in [1.82, 2.24) is 30.2 Å². The van der Waals surface area contributed by atoms with E-state index in [1.165, 1.54) is 5.69 Å². The molecule has 5 aromatic rings. The Labute approximate surface area is 248 Å². The molecule has 220 valence electrons. The van der Waals surface area contributed by atoms with Crippen molar-refractivity contribution in [2.75, 3.05) is 57.8 Å². The Bertz CT molecular complexity index is 1780. The molecule has 1 amide bonds. The molecule has 3 aromatic carbocycles. The van der Waals surface area contributed by atoms with Crippen LogP contribution in [-0.4, -0.2) is 83.7 Å². The third kappa shape index (κ3) is 6.72.